The summed E-state index contributed by atoms with van der Waals surface area (Å²) in [6.07, 6.45) is 2.39. The van der Waals surface area contributed by atoms with Crippen LogP contribution in [0.25, 0.3) is 10.9 Å². The van der Waals surface area contributed by atoms with Crippen LogP contribution in [-0.4, -0.2) is 107 Å². The molecule has 2 aliphatic heterocycles. The minimum atomic E-state index is -0.670. The van der Waals surface area contributed by atoms with Gasteiger partial charge in [0.1, 0.15) is 35.9 Å². The molecule has 14 nitrogen and oxygen atoms in total. The smallest absolute Gasteiger partial charge is 0.342 e. The molecule has 0 radical (unpaired) electrons. The number of para-hydroxylation sites is 1. The minimum Gasteiger partial charge on any atom is -0.507 e. The zero-order chi connectivity index (χ0) is 40.8. The van der Waals surface area contributed by atoms with Crippen LogP contribution in [0, 0.1) is 17.8 Å². The number of aromatic amines is 1. The molecule has 304 valence electrons. The maximum absolute atomic E-state index is 13.5. The van der Waals surface area contributed by atoms with Crippen molar-refractivity contribution in [3.8, 4) is 28.7 Å². The monoisotopic (exact) mass is 786 g/mol. The Labute approximate surface area is 331 Å². The van der Waals surface area contributed by atoms with E-state index in [0.29, 0.717) is 23.7 Å². The highest BCUT2D eigenvalue weighted by Crippen LogP contribution is 2.51. The summed E-state index contributed by atoms with van der Waals surface area (Å²) >= 11 is 0. The summed E-state index contributed by atoms with van der Waals surface area (Å²) in [6, 6.07) is 15.6. The van der Waals surface area contributed by atoms with E-state index in [-0.39, 0.29) is 47.3 Å². The molecule has 3 aliphatic rings. The Bertz CT molecular complexity index is 2070. The highest BCUT2D eigenvalue weighted by Gasteiger charge is 2.54. The molecule has 4 aromatic rings. The van der Waals surface area contributed by atoms with Crippen molar-refractivity contribution in [2.24, 2.45) is 17.8 Å². The Balaban J connectivity index is 0.000000360. The SMILES string of the molecule is C=CCOC(=O)c1ccccc1O.COC(=O)[C@H]1[C@H]2C[C@@H]3c4[nH]c5cc(OC)ccc5c4CCN3C[C@H]2C[C@@H](OC(=O)c2cc(OC)c(OC)c(OC)c2)[C@@H]1OC. The lowest BCUT2D eigenvalue weighted by atomic mass is 9.63. The summed E-state index contributed by atoms with van der Waals surface area (Å²) in [6.45, 7) is 5.24. The molecule has 3 heterocycles. The quantitative estimate of drug-likeness (QED) is 0.105. The number of carbonyl (C=O) groups excluding carboxylic acids is 3. The van der Waals surface area contributed by atoms with Gasteiger partial charge in [0.05, 0.1) is 53.1 Å². The molecule has 0 unspecified atom stereocenters. The summed E-state index contributed by atoms with van der Waals surface area (Å²) in [5.41, 5.74) is 4.00. The number of fused-ring (bicyclic) bond motifs is 6. The van der Waals surface area contributed by atoms with Crippen LogP contribution in [0.1, 0.15) is 50.9 Å². The van der Waals surface area contributed by atoms with E-state index in [1.54, 1.807) is 38.5 Å². The first-order chi connectivity index (χ1) is 27.6. The number of ether oxygens (including phenoxy) is 8. The van der Waals surface area contributed by atoms with Crippen molar-refractivity contribution >= 4 is 28.8 Å². The van der Waals surface area contributed by atoms with Crippen molar-refractivity contribution in [1.82, 2.24) is 9.88 Å². The summed E-state index contributed by atoms with van der Waals surface area (Å²) in [7, 11) is 9.10. The van der Waals surface area contributed by atoms with Crippen molar-refractivity contribution in [3.63, 3.8) is 0 Å². The number of nitrogens with zero attached hydrogens (tertiary/aromatic N) is 1. The average Bonchev–Trinajstić information content (AvgIpc) is 3.62. The number of esters is 3. The standard InChI is InChI=1S/C33H40N2O9.C10H10O3/c1-38-19-7-8-20-21-9-10-35-16-18-13-27(44-32(36)17-11-25(39-2)30(41-4)26(12-17)40-3)31(42-5)28(33(37)43-6)22(18)15-24(35)29(21)34-23(20)14-19;1-2-7-13-10(12)8-5-3-4-6-9(8)11/h7-8,11-12,14,18,22,24,27-28,31,34H,9-10,13,15-16H2,1-6H3;2-6,11H,1,7H2/t18-,22+,24-,27-,28+,31+;/m1./s1. The molecule has 3 aromatic carbocycles. The Morgan fingerprint density at radius 2 is 1.65 bits per heavy atom. The molecule has 0 amide bonds. The number of hydrogen-bond acceptors (Lipinski definition) is 13. The third kappa shape index (κ3) is 8.23. The Morgan fingerprint density at radius 3 is 2.28 bits per heavy atom. The van der Waals surface area contributed by atoms with Crippen LogP contribution in [0.4, 0.5) is 0 Å². The molecular weight excluding hydrogens is 736 g/mol. The van der Waals surface area contributed by atoms with E-state index in [9.17, 15) is 19.5 Å². The molecule has 2 fully saturated rings. The lowest BCUT2D eigenvalue weighted by molar-refractivity contribution is -0.176. The lowest BCUT2D eigenvalue weighted by Gasteiger charge is -2.52. The number of piperidine rings is 1. The summed E-state index contributed by atoms with van der Waals surface area (Å²) in [5.74, 6) is -0.176. The van der Waals surface area contributed by atoms with E-state index in [1.165, 1.54) is 63.3 Å². The third-order valence-electron chi connectivity index (χ3n) is 11.2. The number of benzene rings is 3. The normalized spacial score (nSPS) is 22.3. The van der Waals surface area contributed by atoms with Gasteiger partial charge in [-0.1, -0.05) is 24.8 Å². The highest BCUT2D eigenvalue weighted by atomic mass is 16.6. The zero-order valence-corrected chi connectivity index (χ0v) is 33.1. The van der Waals surface area contributed by atoms with Gasteiger partial charge < -0.3 is 48.0 Å². The molecule has 2 N–H and O–H groups in total. The van der Waals surface area contributed by atoms with Crippen LogP contribution in [0.5, 0.6) is 28.7 Å². The van der Waals surface area contributed by atoms with Crippen LogP contribution in [0.2, 0.25) is 0 Å². The molecule has 1 saturated carbocycles. The maximum atomic E-state index is 13.5. The summed E-state index contributed by atoms with van der Waals surface area (Å²) in [5, 5.41) is 10.5. The molecule has 57 heavy (non-hydrogen) atoms. The molecule has 14 heteroatoms. The predicted molar refractivity (Wildman–Crippen MR) is 209 cm³/mol. The fraction of sp³-hybridized carbons (Fsp3) is 0.419. The first-order valence-electron chi connectivity index (χ1n) is 18.7. The van der Waals surface area contributed by atoms with Crippen LogP contribution in [0.3, 0.4) is 0 Å². The van der Waals surface area contributed by atoms with E-state index in [1.807, 2.05) is 12.1 Å². The lowest BCUT2D eigenvalue weighted by Crippen LogP contribution is -2.58. The summed E-state index contributed by atoms with van der Waals surface area (Å²) < 4.78 is 43.9. The number of nitrogens with one attached hydrogen (secondary N) is 1. The molecular formula is C43H50N2O12. The molecule has 1 aliphatic carbocycles. The molecule has 1 aromatic heterocycles. The molecule has 7 rings (SSSR count). The minimum absolute atomic E-state index is 0.0170. The number of methoxy groups -OCH3 is 6. The second-order valence-corrected chi connectivity index (χ2v) is 14.1. The Morgan fingerprint density at radius 1 is 0.912 bits per heavy atom. The molecule has 6 atom stereocenters. The van der Waals surface area contributed by atoms with Crippen molar-refractivity contribution in [3.05, 3.63) is 89.6 Å². The van der Waals surface area contributed by atoms with E-state index < -0.39 is 30.1 Å². The molecule has 0 bridgehead atoms. The van der Waals surface area contributed by atoms with Gasteiger partial charge in [-0.2, -0.15) is 0 Å². The van der Waals surface area contributed by atoms with E-state index in [0.717, 1.165) is 37.2 Å². The van der Waals surface area contributed by atoms with Gasteiger partial charge in [0.25, 0.3) is 0 Å². The second kappa shape index (κ2) is 18.0. The van der Waals surface area contributed by atoms with E-state index in [2.05, 4.69) is 22.5 Å². The molecule has 1 saturated heterocycles. The van der Waals surface area contributed by atoms with Gasteiger partial charge in [-0.25, -0.2) is 9.59 Å². The van der Waals surface area contributed by atoms with Crippen molar-refractivity contribution in [2.45, 2.75) is 37.5 Å². The highest BCUT2D eigenvalue weighted by molar-refractivity contribution is 5.92. The third-order valence-corrected chi connectivity index (χ3v) is 11.2. The van der Waals surface area contributed by atoms with Gasteiger partial charge in [0.2, 0.25) is 5.75 Å². The van der Waals surface area contributed by atoms with Crippen LogP contribution in [0.15, 0.2) is 67.3 Å². The van der Waals surface area contributed by atoms with Crippen LogP contribution < -0.4 is 18.9 Å². The maximum Gasteiger partial charge on any atom is 0.342 e. The van der Waals surface area contributed by atoms with Gasteiger partial charge in [-0.3, -0.25) is 9.69 Å². The number of carbonyl (C=O) groups is 3. The number of aromatic nitrogens is 1. The van der Waals surface area contributed by atoms with Gasteiger partial charge in [0, 0.05) is 42.9 Å². The first kappa shape index (κ1) is 40.9. The van der Waals surface area contributed by atoms with Crippen molar-refractivity contribution in [1.29, 1.82) is 0 Å². The Hall–Kier alpha value is -5.73. The van der Waals surface area contributed by atoms with Gasteiger partial charge >= 0.3 is 17.9 Å². The molecule has 0 spiro atoms. The van der Waals surface area contributed by atoms with E-state index >= 15 is 0 Å². The van der Waals surface area contributed by atoms with Gasteiger partial charge in [-0.15, -0.1) is 0 Å². The van der Waals surface area contributed by atoms with Crippen molar-refractivity contribution < 1.29 is 57.4 Å². The van der Waals surface area contributed by atoms with Crippen LogP contribution >= 0.6 is 0 Å². The topological polar surface area (TPSA) is 164 Å². The zero-order valence-electron chi connectivity index (χ0n) is 33.1. The number of aromatic hydroxyl groups is 1. The van der Waals surface area contributed by atoms with Crippen molar-refractivity contribution in [2.75, 3.05) is 62.4 Å². The number of H-pyrrole nitrogens is 1. The summed E-state index contributed by atoms with van der Waals surface area (Å²) in [4.78, 5) is 44.3. The first-order valence-corrected chi connectivity index (χ1v) is 18.7. The average molecular weight is 787 g/mol. The predicted octanol–water partition coefficient (Wildman–Crippen LogP) is 5.91. The fourth-order valence-corrected chi connectivity index (χ4v) is 8.62. The second-order valence-electron chi connectivity index (χ2n) is 14.1. The number of phenols is 1. The van der Waals surface area contributed by atoms with Gasteiger partial charge in [-0.05, 0) is 73.1 Å². The number of rotatable bonds is 11. The largest absolute Gasteiger partial charge is 0.507 e. The van der Waals surface area contributed by atoms with Crippen LogP contribution in [-0.2, 0) is 30.2 Å². The number of phenolic OH excluding ortho intramolecular Hbond substituents is 1. The number of hydrogen-bond donors (Lipinski definition) is 2. The van der Waals surface area contributed by atoms with E-state index in [4.69, 9.17) is 37.9 Å². The fourth-order valence-electron chi connectivity index (χ4n) is 8.62. The van der Waals surface area contributed by atoms with Gasteiger partial charge in [0.15, 0.2) is 11.5 Å². The Kier molecular flexibility index (Phi) is 12.9.